The summed E-state index contributed by atoms with van der Waals surface area (Å²) in [5, 5.41) is 2.90. The monoisotopic (exact) mass is 383 g/mol. The van der Waals surface area contributed by atoms with E-state index in [0.717, 1.165) is 6.42 Å². The van der Waals surface area contributed by atoms with Gasteiger partial charge in [0.2, 0.25) is 5.95 Å². The van der Waals surface area contributed by atoms with Crippen LogP contribution in [-0.4, -0.2) is 69.9 Å². The van der Waals surface area contributed by atoms with Crippen molar-refractivity contribution in [2.24, 2.45) is 0 Å². The Kier molecular flexibility index (Phi) is 5.81. The minimum Gasteiger partial charge on any atom is -0.350 e. The van der Waals surface area contributed by atoms with Gasteiger partial charge in [-0.2, -0.15) is 0 Å². The summed E-state index contributed by atoms with van der Waals surface area (Å²) in [4.78, 5) is 45.8. The molecule has 1 N–H and O–H groups in total. The highest BCUT2D eigenvalue weighted by atomic mass is 16.2. The van der Waals surface area contributed by atoms with Crippen LogP contribution in [0.1, 0.15) is 52.7 Å². The highest BCUT2D eigenvalue weighted by Crippen LogP contribution is 2.30. The van der Waals surface area contributed by atoms with Crippen molar-refractivity contribution >= 4 is 17.8 Å². The summed E-state index contributed by atoms with van der Waals surface area (Å²) in [6.07, 6.45) is 6.79. The van der Waals surface area contributed by atoms with Crippen molar-refractivity contribution in [3.63, 3.8) is 0 Å². The number of anilines is 1. The molecule has 9 nitrogen and oxygen atoms in total. The summed E-state index contributed by atoms with van der Waals surface area (Å²) < 4.78 is 0. The van der Waals surface area contributed by atoms with Crippen LogP contribution in [0.15, 0.2) is 24.8 Å². The van der Waals surface area contributed by atoms with Gasteiger partial charge >= 0.3 is 0 Å². The SMILES string of the molecule is CC(C)NC(=O)c1cnc(N(C)C)nc1C1CCN(C(=O)c2cnccn2)C1. The third-order valence-corrected chi connectivity index (χ3v) is 4.51. The molecule has 1 aliphatic rings. The molecule has 1 atom stereocenters. The Morgan fingerprint density at radius 1 is 1.21 bits per heavy atom. The van der Waals surface area contributed by atoms with Crippen LogP contribution in [0.5, 0.6) is 0 Å². The number of aromatic nitrogens is 4. The van der Waals surface area contributed by atoms with E-state index in [0.29, 0.717) is 36.0 Å². The quantitative estimate of drug-likeness (QED) is 0.824. The molecule has 1 aliphatic heterocycles. The molecule has 3 heterocycles. The highest BCUT2D eigenvalue weighted by molar-refractivity contribution is 5.95. The van der Waals surface area contributed by atoms with Crippen molar-refractivity contribution in [3.8, 4) is 0 Å². The summed E-state index contributed by atoms with van der Waals surface area (Å²) in [6, 6.07) is 0.00665. The van der Waals surface area contributed by atoms with Crippen molar-refractivity contribution in [2.45, 2.75) is 32.2 Å². The Hall–Kier alpha value is -3.10. The maximum Gasteiger partial charge on any atom is 0.274 e. The molecule has 1 saturated heterocycles. The first-order chi connectivity index (χ1) is 13.4. The molecule has 148 valence electrons. The van der Waals surface area contributed by atoms with Gasteiger partial charge in [0.15, 0.2) is 0 Å². The first kappa shape index (κ1) is 19.7. The molecule has 28 heavy (non-hydrogen) atoms. The van der Waals surface area contributed by atoms with Gasteiger partial charge in [-0.15, -0.1) is 0 Å². The first-order valence-electron chi connectivity index (χ1n) is 9.27. The molecule has 0 aromatic carbocycles. The predicted octanol–water partition coefficient (Wildman–Crippen LogP) is 1.10. The average molecular weight is 383 g/mol. The topological polar surface area (TPSA) is 104 Å². The van der Waals surface area contributed by atoms with Crippen LogP contribution < -0.4 is 10.2 Å². The molecule has 2 aromatic rings. The van der Waals surface area contributed by atoms with Crippen molar-refractivity contribution < 1.29 is 9.59 Å². The van der Waals surface area contributed by atoms with Crippen LogP contribution in [-0.2, 0) is 0 Å². The number of likely N-dealkylation sites (tertiary alicyclic amines) is 1. The molecule has 1 fully saturated rings. The fourth-order valence-corrected chi connectivity index (χ4v) is 3.17. The number of nitrogens with zero attached hydrogens (tertiary/aromatic N) is 6. The Balaban J connectivity index is 1.86. The molecule has 0 bridgehead atoms. The minimum atomic E-state index is -0.200. The molecule has 0 saturated carbocycles. The molecule has 2 aromatic heterocycles. The van der Waals surface area contributed by atoms with Crippen LogP contribution >= 0.6 is 0 Å². The van der Waals surface area contributed by atoms with Gasteiger partial charge in [-0.1, -0.05) is 0 Å². The lowest BCUT2D eigenvalue weighted by Crippen LogP contribution is -2.32. The van der Waals surface area contributed by atoms with E-state index < -0.39 is 0 Å². The maximum atomic E-state index is 12.7. The van der Waals surface area contributed by atoms with Crippen LogP contribution in [0, 0.1) is 0 Å². The largest absolute Gasteiger partial charge is 0.350 e. The maximum absolute atomic E-state index is 12.7. The lowest BCUT2D eigenvalue weighted by atomic mass is 9.99. The fraction of sp³-hybridized carbons (Fsp3) is 0.474. The standard InChI is InChI=1S/C19H25N7O2/c1-12(2)23-17(27)14-9-22-19(25(3)4)24-16(14)13-5-8-26(11-13)18(28)15-10-20-6-7-21-15/h6-7,9-10,12-13H,5,8,11H2,1-4H3,(H,23,27). The number of rotatable bonds is 5. The molecule has 2 amide bonds. The van der Waals surface area contributed by atoms with Gasteiger partial charge in [-0.05, 0) is 20.3 Å². The molecule has 0 aliphatic carbocycles. The minimum absolute atomic E-state index is 0.00665. The predicted molar refractivity (Wildman–Crippen MR) is 104 cm³/mol. The van der Waals surface area contributed by atoms with E-state index in [2.05, 4.69) is 25.3 Å². The second kappa shape index (κ2) is 8.28. The van der Waals surface area contributed by atoms with Crippen molar-refractivity contribution in [1.82, 2.24) is 30.2 Å². The molecular formula is C19H25N7O2. The Morgan fingerprint density at radius 2 is 2.00 bits per heavy atom. The van der Waals surface area contributed by atoms with Gasteiger partial charge < -0.3 is 15.1 Å². The van der Waals surface area contributed by atoms with Crippen LogP contribution in [0.2, 0.25) is 0 Å². The summed E-state index contributed by atoms with van der Waals surface area (Å²) in [7, 11) is 3.71. The van der Waals surface area contributed by atoms with E-state index >= 15 is 0 Å². The zero-order chi connectivity index (χ0) is 20.3. The number of nitrogens with one attached hydrogen (secondary N) is 1. The molecule has 0 radical (unpaired) electrons. The van der Waals surface area contributed by atoms with E-state index in [-0.39, 0.29) is 23.8 Å². The van der Waals surface area contributed by atoms with Crippen LogP contribution in [0.4, 0.5) is 5.95 Å². The lowest BCUT2D eigenvalue weighted by molar-refractivity contribution is 0.0784. The van der Waals surface area contributed by atoms with Crippen LogP contribution in [0.3, 0.4) is 0 Å². The van der Waals surface area contributed by atoms with Gasteiger partial charge in [-0.3, -0.25) is 14.6 Å². The molecule has 0 spiro atoms. The van der Waals surface area contributed by atoms with Crippen molar-refractivity contribution in [1.29, 1.82) is 0 Å². The van der Waals surface area contributed by atoms with E-state index in [1.165, 1.54) is 18.6 Å². The molecule has 9 heteroatoms. The Labute approximate surface area is 164 Å². The van der Waals surface area contributed by atoms with Gasteiger partial charge in [0.1, 0.15) is 5.69 Å². The van der Waals surface area contributed by atoms with E-state index in [4.69, 9.17) is 0 Å². The van der Waals surface area contributed by atoms with E-state index in [1.807, 2.05) is 27.9 Å². The van der Waals surface area contributed by atoms with Crippen LogP contribution in [0.25, 0.3) is 0 Å². The number of amides is 2. The molecular weight excluding hydrogens is 358 g/mol. The highest BCUT2D eigenvalue weighted by Gasteiger charge is 2.32. The van der Waals surface area contributed by atoms with Gasteiger partial charge in [0.25, 0.3) is 11.8 Å². The number of carbonyl (C=O) groups excluding carboxylic acids is 2. The summed E-state index contributed by atoms with van der Waals surface area (Å²) in [5.41, 5.74) is 1.45. The summed E-state index contributed by atoms with van der Waals surface area (Å²) >= 11 is 0. The normalized spacial score (nSPS) is 16.3. The summed E-state index contributed by atoms with van der Waals surface area (Å²) in [6.45, 7) is 4.86. The first-order valence-corrected chi connectivity index (χ1v) is 9.27. The number of hydrogen-bond acceptors (Lipinski definition) is 7. The van der Waals surface area contributed by atoms with E-state index in [9.17, 15) is 9.59 Å². The molecule has 1 unspecified atom stereocenters. The van der Waals surface area contributed by atoms with E-state index in [1.54, 1.807) is 16.0 Å². The second-order valence-corrected chi connectivity index (χ2v) is 7.32. The van der Waals surface area contributed by atoms with Gasteiger partial charge in [0, 0.05) is 57.7 Å². The lowest BCUT2D eigenvalue weighted by Gasteiger charge is -2.19. The number of hydrogen-bond donors (Lipinski definition) is 1. The third kappa shape index (κ3) is 4.24. The third-order valence-electron chi connectivity index (χ3n) is 4.51. The smallest absolute Gasteiger partial charge is 0.274 e. The van der Waals surface area contributed by atoms with Gasteiger partial charge in [0.05, 0.1) is 17.5 Å². The number of carbonyl (C=O) groups is 2. The summed E-state index contributed by atoms with van der Waals surface area (Å²) in [5.74, 6) is 0.129. The average Bonchev–Trinajstić information content (AvgIpc) is 3.17. The molecule has 3 rings (SSSR count). The fourth-order valence-electron chi connectivity index (χ4n) is 3.17. The van der Waals surface area contributed by atoms with Crippen molar-refractivity contribution in [2.75, 3.05) is 32.1 Å². The Bertz CT molecular complexity index is 855. The zero-order valence-corrected chi connectivity index (χ0v) is 16.6. The second-order valence-electron chi connectivity index (χ2n) is 7.32. The Morgan fingerprint density at radius 3 is 2.64 bits per heavy atom. The van der Waals surface area contributed by atoms with Crippen molar-refractivity contribution in [3.05, 3.63) is 41.7 Å². The zero-order valence-electron chi connectivity index (χ0n) is 16.6. The van der Waals surface area contributed by atoms with Gasteiger partial charge in [-0.25, -0.2) is 15.0 Å².